The third-order valence-electron chi connectivity index (χ3n) is 3.00. The van der Waals surface area contributed by atoms with Crippen LogP contribution in [0.2, 0.25) is 0 Å². The molecule has 2 heterocycles. The predicted molar refractivity (Wildman–Crippen MR) is 66.5 cm³/mol. The van der Waals surface area contributed by atoms with Crippen LogP contribution in [-0.4, -0.2) is 58.5 Å². The number of pyridine rings is 1. The zero-order valence-corrected chi connectivity index (χ0v) is 10.6. The first-order chi connectivity index (χ1) is 9.43. The average Bonchev–Trinajstić information content (AvgIpc) is 2.77. The first-order valence-electron chi connectivity index (χ1n) is 5.79. The van der Waals surface area contributed by atoms with Crippen LogP contribution < -0.4 is 4.90 Å². The van der Waals surface area contributed by atoms with Gasteiger partial charge in [0.15, 0.2) is 5.69 Å². The number of nitro groups is 1. The lowest BCUT2D eigenvalue weighted by Gasteiger charge is -2.16. The zero-order valence-electron chi connectivity index (χ0n) is 10.6. The van der Waals surface area contributed by atoms with Gasteiger partial charge in [0, 0.05) is 19.2 Å². The Hall–Kier alpha value is -2.26. The van der Waals surface area contributed by atoms with E-state index >= 15 is 0 Å². The van der Waals surface area contributed by atoms with E-state index in [2.05, 4.69) is 9.72 Å². The number of hydrogen-bond donors (Lipinski definition) is 2. The van der Waals surface area contributed by atoms with Gasteiger partial charge in [0.05, 0.1) is 24.2 Å². The summed E-state index contributed by atoms with van der Waals surface area (Å²) in [5.41, 5.74) is -0.386. The molecule has 2 atom stereocenters. The van der Waals surface area contributed by atoms with Crippen LogP contribution in [-0.2, 0) is 4.74 Å². The van der Waals surface area contributed by atoms with Crippen LogP contribution in [0.1, 0.15) is 10.5 Å². The van der Waals surface area contributed by atoms with Crippen LogP contribution in [0.15, 0.2) is 12.1 Å². The second kappa shape index (κ2) is 5.39. The van der Waals surface area contributed by atoms with E-state index in [-0.39, 0.29) is 30.3 Å². The molecule has 1 saturated heterocycles. The number of β-amino-alcohol motifs (C(OH)–C–C–N with tert-alkyl or cyclic N) is 2. The van der Waals surface area contributed by atoms with Crippen molar-refractivity contribution in [3.8, 4) is 0 Å². The van der Waals surface area contributed by atoms with Crippen molar-refractivity contribution in [2.75, 3.05) is 25.1 Å². The number of methoxy groups -OCH3 is 1. The van der Waals surface area contributed by atoms with Crippen molar-refractivity contribution in [2.24, 2.45) is 0 Å². The minimum atomic E-state index is -1.02. The van der Waals surface area contributed by atoms with Crippen LogP contribution in [0.3, 0.4) is 0 Å². The molecular weight excluding hydrogens is 270 g/mol. The molecule has 2 unspecified atom stereocenters. The summed E-state index contributed by atoms with van der Waals surface area (Å²) in [4.78, 5) is 27.0. The highest BCUT2D eigenvalue weighted by atomic mass is 16.6. The lowest BCUT2D eigenvalue weighted by atomic mass is 10.3. The monoisotopic (exact) mass is 283 g/mol. The van der Waals surface area contributed by atoms with E-state index in [1.807, 2.05) is 0 Å². The fourth-order valence-corrected chi connectivity index (χ4v) is 1.98. The third-order valence-corrected chi connectivity index (χ3v) is 3.00. The lowest BCUT2D eigenvalue weighted by molar-refractivity contribution is -0.384. The van der Waals surface area contributed by atoms with Gasteiger partial charge in [-0.2, -0.15) is 0 Å². The number of esters is 1. The van der Waals surface area contributed by atoms with Crippen molar-refractivity contribution < 1.29 is 24.7 Å². The van der Waals surface area contributed by atoms with E-state index in [0.717, 1.165) is 6.07 Å². The summed E-state index contributed by atoms with van der Waals surface area (Å²) in [5, 5.41) is 30.0. The molecule has 2 N–H and O–H groups in total. The van der Waals surface area contributed by atoms with Crippen molar-refractivity contribution in [3.05, 3.63) is 27.9 Å². The summed E-state index contributed by atoms with van der Waals surface area (Å²) in [6, 6.07) is 2.34. The number of rotatable bonds is 3. The molecule has 1 aromatic heterocycles. The van der Waals surface area contributed by atoms with Gasteiger partial charge in [-0.3, -0.25) is 10.1 Å². The molecule has 20 heavy (non-hydrogen) atoms. The Bertz CT molecular complexity index is 539. The molecule has 9 nitrogen and oxygen atoms in total. The second-order valence-corrected chi connectivity index (χ2v) is 4.33. The summed E-state index contributed by atoms with van der Waals surface area (Å²) in [7, 11) is 1.18. The Balaban J connectivity index is 2.42. The Morgan fingerprint density at radius 1 is 1.45 bits per heavy atom. The largest absolute Gasteiger partial charge is 0.464 e. The van der Waals surface area contributed by atoms with Gasteiger partial charge in [0.25, 0.3) is 0 Å². The number of carbonyl (C=O) groups excluding carboxylic acids is 1. The normalized spacial score (nSPS) is 21.9. The van der Waals surface area contributed by atoms with Gasteiger partial charge < -0.3 is 19.8 Å². The molecular formula is C11H13N3O6. The molecule has 1 fully saturated rings. The van der Waals surface area contributed by atoms with Gasteiger partial charge in [-0.05, 0) is 6.07 Å². The minimum absolute atomic E-state index is 0.000364. The van der Waals surface area contributed by atoms with Gasteiger partial charge in [0.1, 0.15) is 0 Å². The third kappa shape index (κ3) is 2.53. The number of aliphatic hydroxyl groups is 2. The standard InChI is InChI=1S/C11H13N3O6/c1-20-11(17)6-2-3-7(14(18)19)10(12-6)13-4-8(15)9(16)5-13/h2-3,8-9,15-16H,4-5H2,1H3. The molecule has 0 bridgehead atoms. The van der Waals surface area contributed by atoms with E-state index in [9.17, 15) is 25.1 Å². The molecule has 108 valence electrons. The maximum Gasteiger partial charge on any atom is 0.356 e. The van der Waals surface area contributed by atoms with E-state index < -0.39 is 23.1 Å². The SMILES string of the molecule is COC(=O)c1ccc([N+](=O)[O-])c(N2CC(O)C(O)C2)n1. The first-order valence-corrected chi connectivity index (χ1v) is 5.79. The fraction of sp³-hybridized carbons (Fsp3) is 0.455. The van der Waals surface area contributed by atoms with Gasteiger partial charge in [-0.1, -0.05) is 0 Å². The summed E-state index contributed by atoms with van der Waals surface area (Å²) in [5.74, 6) is -0.796. The molecule has 9 heteroatoms. The fourth-order valence-electron chi connectivity index (χ4n) is 1.98. The summed E-state index contributed by atoms with van der Waals surface area (Å²) in [6.45, 7) is -0.000729. The highest BCUT2D eigenvalue weighted by molar-refractivity contribution is 5.88. The molecule has 2 rings (SSSR count). The number of ether oxygens (including phenoxy) is 1. The van der Waals surface area contributed by atoms with Crippen LogP contribution in [0.25, 0.3) is 0 Å². The highest BCUT2D eigenvalue weighted by Crippen LogP contribution is 2.29. The average molecular weight is 283 g/mol. The maximum absolute atomic E-state index is 11.4. The molecule has 0 radical (unpaired) electrons. The Labute approximate surface area is 113 Å². The quantitative estimate of drug-likeness (QED) is 0.424. The number of nitrogens with zero attached hydrogens (tertiary/aromatic N) is 3. The van der Waals surface area contributed by atoms with Crippen molar-refractivity contribution in [2.45, 2.75) is 12.2 Å². The lowest BCUT2D eigenvalue weighted by Crippen LogP contribution is -2.24. The number of hydrogen-bond acceptors (Lipinski definition) is 8. The molecule has 0 spiro atoms. The Morgan fingerprint density at radius 2 is 2.05 bits per heavy atom. The minimum Gasteiger partial charge on any atom is -0.464 e. The summed E-state index contributed by atoms with van der Waals surface area (Å²) in [6.07, 6.45) is -2.03. The zero-order chi connectivity index (χ0) is 14.9. The first kappa shape index (κ1) is 14.2. The van der Waals surface area contributed by atoms with Gasteiger partial charge in [0.2, 0.25) is 5.82 Å². The van der Waals surface area contributed by atoms with Crippen molar-refractivity contribution in [1.82, 2.24) is 4.98 Å². The van der Waals surface area contributed by atoms with Crippen LogP contribution in [0.4, 0.5) is 11.5 Å². The Kier molecular flexibility index (Phi) is 3.81. The van der Waals surface area contributed by atoms with E-state index in [1.54, 1.807) is 0 Å². The molecule has 0 aliphatic carbocycles. The van der Waals surface area contributed by atoms with E-state index in [4.69, 9.17) is 0 Å². The number of aromatic nitrogens is 1. The number of aliphatic hydroxyl groups excluding tert-OH is 2. The van der Waals surface area contributed by atoms with E-state index in [1.165, 1.54) is 18.1 Å². The topological polar surface area (TPSA) is 126 Å². The predicted octanol–water partition coefficient (Wildman–Crippen LogP) is -0.682. The molecule has 0 saturated carbocycles. The van der Waals surface area contributed by atoms with Gasteiger partial charge in [-0.15, -0.1) is 0 Å². The smallest absolute Gasteiger partial charge is 0.356 e. The summed E-state index contributed by atoms with van der Waals surface area (Å²) >= 11 is 0. The number of anilines is 1. The second-order valence-electron chi connectivity index (χ2n) is 4.33. The van der Waals surface area contributed by atoms with Crippen molar-refractivity contribution in [3.63, 3.8) is 0 Å². The van der Waals surface area contributed by atoms with E-state index in [0.29, 0.717) is 0 Å². The summed E-state index contributed by atoms with van der Waals surface area (Å²) < 4.78 is 4.51. The molecule has 1 aliphatic rings. The number of carbonyl (C=O) groups is 1. The Morgan fingerprint density at radius 3 is 2.55 bits per heavy atom. The van der Waals surface area contributed by atoms with Gasteiger partial charge >= 0.3 is 11.7 Å². The van der Waals surface area contributed by atoms with Crippen LogP contribution >= 0.6 is 0 Å². The maximum atomic E-state index is 11.4. The highest BCUT2D eigenvalue weighted by Gasteiger charge is 2.34. The molecule has 1 aromatic rings. The van der Waals surface area contributed by atoms with Gasteiger partial charge in [-0.25, -0.2) is 9.78 Å². The van der Waals surface area contributed by atoms with Crippen LogP contribution in [0, 0.1) is 10.1 Å². The van der Waals surface area contributed by atoms with Crippen molar-refractivity contribution >= 4 is 17.5 Å². The molecule has 0 aromatic carbocycles. The molecule has 1 aliphatic heterocycles. The molecule has 0 amide bonds. The van der Waals surface area contributed by atoms with Crippen LogP contribution in [0.5, 0.6) is 0 Å². The van der Waals surface area contributed by atoms with Crippen molar-refractivity contribution in [1.29, 1.82) is 0 Å².